The van der Waals surface area contributed by atoms with E-state index < -0.39 is 17.3 Å². The number of aromatic nitrogens is 1. The number of amides is 1. The summed E-state index contributed by atoms with van der Waals surface area (Å²) in [4.78, 5) is 15.5. The molecule has 1 aliphatic rings. The molecule has 0 aromatic carbocycles. The summed E-state index contributed by atoms with van der Waals surface area (Å²) in [5.41, 5.74) is -0.666. The van der Waals surface area contributed by atoms with Crippen LogP contribution in [-0.2, 0) is 0 Å². The van der Waals surface area contributed by atoms with Crippen LogP contribution in [0.25, 0.3) is 0 Å². The topological polar surface area (TPSA) is 62.2 Å². The highest BCUT2D eigenvalue weighted by molar-refractivity contribution is 5.93. The molecule has 0 bridgehead atoms. The average Bonchev–Trinajstić information content (AvgIpc) is 2.36. The highest BCUT2D eigenvalue weighted by Crippen LogP contribution is 2.31. The number of carbonyl (C=O) groups is 1. The Labute approximate surface area is 112 Å². The lowest BCUT2D eigenvalue weighted by molar-refractivity contribution is -0.0109. The van der Waals surface area contributed by atoms with Gasteiger partial charge in [0.05, 0.1) is 17.4 Å². The molecule has 0 spiro atoms. The van der Waals surface area contributed by atoms with Crippen LogP contribution in [0.5, 0.6) is 0 Å². The minimum Gasteiger partial charge on any atom is -0.388 e. The zero-order chi connectivity index (χ0) is 13.9. The quantitative estimate of drug-likeness (QED) is 0.878. The van der Waals surface area contributed by atoms with E-state index >= 15 is 0 Å². The van der Waals surface area contributed by atoms with Gasteiger partial charge in [-0.2, -0.15) is 0 Å². The highest BCUT2D eigenvalue weighted by Gasteiger charge is 2.32. The third kappa shape index (κ3) is 3.73. The Hall–Kier alpha value is -1.49. The molecule has 2 unspecified atom stereocenters. The SMILES string of the molecule is CC1CCCC(O)(CNC(=O)c2cncc(F)c2)C1. The summed E-state index contributed by atoms with van der Waals surface area (Å²) in [7, 11) is 0. The number of hydrogen-bond donors (Lipinski definition) is 2. The van der Waals surface area contributed by atoms with Crippen LogP contribution in [0.1, 0.15) is 43.0 Å². The Bertz CT molecular complexity index is 467. The summed E-state index contributed by atoms with van der Waals surface area (Å²) in [6.07, 6.45) is 5.83. The van der Waals surface area contributed by atoms with E-state index in [9.17, 15) is 14.3 Å². The van der Waals surface area contributed by atoms with Gasteiger partial charge in [0.2, 0.25) is 0 Å². The van der Waals surface area contributed by atoms with Gasteiger partial charge >= 0.3 is 0 Å². The molecule has 1 fully saturated rings. The van der Waals surface area contributed by atoms with E-state index in [4.69, 9.17) is 0 Å². The lowest BCUT2D eigenvalue weighted by atomic mass is 9.79. The molecule has 0 radical (unpaired) electrons. The molecule has 1 aliphatic carbocycles. The minimum atomic E-state index is -0.839. The van der Waals surface area contributed by atoms with Crippen LogP contribution in [0.3, 0.4) is 0 Å². The van der Waals surface area contributed by atoms with Crippen LogP contribution >= 0.6 is 0 Å². The number of carbonyl (C=O) groups excluding carboxylic acids is 1. The molecule has 1 heterocycles. The van der Waals surface area contributed by atoms with Gasteiger partial charge < -0.3 is 10.4 Å². The van der Waals surface area contributed by atoms with E-state index in [1.54, 1.807) is 0 Å². The molecule has 4 nitrogen and oxygen atoms in total. The summed E-state index contributed by atoms with van der Waals surface area (Å²) in [5, 5.41) is 13.0. The second kappa shape index (κ2) is 5.65. The largest absolute Gasteiger partial charge is 0.388 e. The Kier molecular flexibility index (Phi) is 4.14. The molecule has 2 atom stereocenters. The molecule has 5 heteroatoms. The number of halogens is 1. The second-order valence-electron chi connectivity index (χ2n) is 5.50. The summed E-state index contributed by atoms with van der Waals surface area (Å²) < 4.78 is 13.0. The van der Waals surface area contributed by atoms with Gasteiger partial charge in [-0.3, -0.25) is 9.78 Å². The van der Waals surface area contributed by atoms with Crippen molar-refractivity contribution in [3.8, 4) is 0 Å². The Morgan fingerprint density at radius 2 is 2.42 bits per heavy atom. The second-order valence-corrected chi connectivity index (χ2v) is 5.50. The van der Waals surface area contributed by atoms with Crippen LogP contribution in [-0.4, -0.2) is 28.1 Å². The molecule has 0 saturated heterocycles. The van der Waals surface area contributed by atoms with Crippen molar-refractivity contribution >= 4 is 5.91 Å². The maximum atomic E-state index is 13.0. The lowest BCUT2D eigenvalue weighted by Gasteiger charge is -2.35. The van der Waals surface area contributed by atoms with E-state index in [1.807, 2.05) is 0 Å². The van der Waals surface area contributed by atoms with Crippen molar-refractivity contribution in [2.24, 2.45) is 5.92 Å². The minimum absolute atomic E-state index is 0.174. The van der Waals surface area contributed by atoms with Crippen LogP contribution < -0.4 is 5.32 Å². The highest BCUT2D eigenvalue weighted by atomic mass is 19.1. The maximum absolute atomic E-state index is 13.0. The van der Waals surface area contributed by atoms with E-state index in [1.165, 1.54) is 6.20 Å². The Morgan fingerprint density at radius 3 is 3.11 bits per heavy atom. The van der Waals surface area contributed by atoms with Crippen molar-refractivity contribution in [1.82, 2.24) is 10.3 Å². The van der Waals surface area contributed by atoms with Crippen molar-refractivity contribution in [3.63, 3.8) is 0 Å². The Morgan fingerprint density at radius 1 is 1.63 bits per heavy atom. The number of hydrogen-bond acceptors (Lipinski definition) is 3. The number of pyridine rings is 1. The summed E-state index contributed by atoms with van der Waals surface area (Å²) >= 11 is 0. The normalized spacial score (nSPS) is 27.0. The van der Waals surface area contributed by atoms with Gasteiger partial charge in [-0.25, -0.2) is 4.39 Å². The fourth-order valence-electron chi connectivity index (χ4n) is 2.68. The summed E-state index contributed by atoms with van der Waals surface area (Å²) in [6.45, 7) is 2.30. The first kappa shape index (κ1) is 13.9. The molecule has 1 aromatic rings. The van der Waals surface area contributed by atoms with E-state index in [0.29, 0.717) is 18.8 Å². The number of rotatable bonds is 3. The molecule has 104 valence electrons. The number of nitrogens with zero attached hydrogens (tertiary/aromatic N) is 1. The van der Waals surface area contributed by atoms with Gasteiger partial charge in [0.1, 0.15) is 5.82 Å². The maximum Gasteiger partial charge on any atom is 0.253 e. The lowest BCUT2D eigenvalue weighted by Crippen LogP contribution is -2.45. The van der Waals surface area contributed by atoms with Crippen LogP contribution in [0, 0.1) is 11.7 Å². The zero-order valence-electron chi connectivity index (χ0n) is 11.0. The molecule has 0 aliphatic heterocycles. The first-order valence-corrected chi connectivity index (χ1v) is 6.60. The van der Waals surface area contributed by atoms with Crippen molar-refractivity contribution in [2.75, 3.05) is 6.54 Å². The van der Waals surface area contributed by atoms with Crippen molar-refractivity contribution < 1.29 is 14.3 Å². The predicted molar refractivity (Wildman–Crippen MR) is 69.1 cm³/mol. The third-order valence-electron chi connectivity index (χ3n) is 3.61. The summed E-state index contributed by atoms with van der Waals surface area (Å²) in [5.74, 6) is -0.484. The first-order valence-electron chi connectivity index (χ1n) is 6.60. The monoisotopic (exact) mass is 266 g/mol. The van der Waals surface area contributed by atoms with E-state index in [2.05, 4.69) is 17.2 Å². The molecule has 1 saturated carbocycles. The van der Waals surface area contributed by atoms with Gasteiger partial charge in [0.15, 0.2) is 0 Å². The predicted octanol–water partition coefficient (Wildman–Crippen LogP) is 1.89. The number of nitrogens with one attached hydrogen (secondary N) is 1. The first-order chi connectivity index (χ1) is 8.98. The molecular weight excluding hydrogens is 247 g/mol. The fourth-order valence-corrected chi connectivity index (χ4v) is 2.68. The van der Waals surface area contributed by atoms with Crippen molar-refractivity contribution in [2.45, 2.75) is 38.2 Å². The average molecular weight is 266 g/mol. The van der Waals surface area contributed by atoms with Crippen molar-refractivity contribution in [1.29, 1.82) is 0 Å². The van der Waals surface area contributed by atoms with E-state index in [0.717, 1.165) is 25.1 Å². The third-order valence-corrected chi connectivity index (χ3v) is 3.61. The molecule has 1 aromatic heterocycles. The fraction of sp³-hybridized carbons (Fsp3) is 0.571. The van der Waals surface area contributed by atoms with Gasteiger partial charge in [-0.05, 0) is 24.8 Å². The molecular formula is C14H19FN2O2. The van der Waals surface area contributed by atoms with Gasteiger partial charge in [0, 0.05) is 12.7 Å². The zero-order valence-corrected chi connectivity index (χ0v) is 11.0. The van der Waals surface area contributed by atoms with Gasteiger partial charge in [-0.1, -0.05) is 19.8 Å². The van der Waals surface area contributed by atoms with Crippen LogP contribution in [0.4, 0.5) is 4.39 Å². The van der Waals surface area contributed by atoms with E-state index in [-0.39, 0.29) is 12.1 Å². The molecule has 19 heavy (non-hydrogen) atoms. The van der Waals surface area contributed by atoms with Gasteiger partial charge in [0.25, 0.3) is 5.91 Å². The van der Waals surface area contributed by atoms with Crippen LogP contribution in [0.2, 0.25) is 0 Å². The smallest absolute Gasteiger partial charge is 0.253 e. The summed E-state index contributed by atoms with van der Waals surface area (Å²) in [6, 6.07) is 1.13. The van der Waals surface area contributed by atoms with Crippen molar-refractivity contribution in [3.05, 3.63) is 29.8 Å². The standard InChI is InChI=1S/C14H19FN2O2/c1-10-3-2-4-14(19,6-10)9-17-13(18)11-5-12(15)8-16-7-11/h5,7-8,10,19H,2-4,6,9H2,1H3,(H,17,18). The number of aliphatic hydroxyl groups is 1. The Balaban J connectivity index is 1.93. The molecule has 1 amide bonds. The molecule has 2 N–H and O–H groups in total. The molecule has 2 rings (SSSR count). The van der Waals surface area contributed by atoms with Crippen LogP contribution in [0.15, 0.2) is 18.5 Å². The van der Waals surface area contributed by atoms with Gasteiger partial charge in [-0.15, -0.1) is 0 Å².